The lowest BCUT2D eigenvalue weighted by atomic mass is 9.97. The van der Waals surface area contributed by atoms with E-state index in [2.05, 4.69) is 17.3 Å². The summed E-state index contributed by atoms with van der Waals surface area (Å²) in [5.41, 5.74) is 0. The van der Waals surface area contributed by atoms with Gasteiger partial charge in [0.15, 0.2) is 0 Å². The second-order valence-electron chi connectivity index (χ2n) is 6.17. The maximum atomic E-state index is 3.48. The molecule has 1 N–H and O–H groups in total. The van der Waals surface area contributed by atoms with Crippen LogP contribution in [-0.4, -0.2) is 36.6 Å². The summed E-state index contributed by atoms with van der Waals surface area (Å²) < 4.78 is 0. The van der Waals surface area contributed by atoms with Gasteiger partial charge < -0.3 is 5.32 Å². The van der Waals surface area contributed by atoms with Crippen molar-refractivity contribution in [3.63, 3.8) is 0 Å². The predicted octanol–water partition coefficient (Wildman–Crippen LogP) is 2.39. The van der Waals surface area contributed by atoms with Crippen molar-refractivity contribution in [3.05, 3.63) is 0 Å². The average Bonchev–Trinajstić information content (AvgIpc) is 3.07. The van der Waals surface area contributed by atoms with E-state index in [-0.39, 0.29) is 0 Å². The molecule has 3 fully saturated rings. The zero-order valence-electron chi connectivity index (χ0n) is 10.6. The number of hydrogen-bond acceptors (Lipinski definition) is 2. The van der Waals surface area contributed by atoms with E-state index in [1.165, 1.54) is 57.9 Å². The third kappa shape index (κ3) is 2.28. The maximum Gasteiger partial charge on any atom is 0.0114 e. The van der Waals surface area contributed by atoms with Gasteiger partial charge in [-0.2, -0.15) is 0 Å². The molecule has 0 spiro atoms. The summed E-state index contributed by atoms with van der Waals surface area (Å²) in [4.78, 5) is 2.84. The van der Waals surface area contributed by atoms with Crippen molar-refractivity contribution in [2.75, 3.05) is 13.6 Å². The van der Waals surface area contributed by atoms with Crippen LogP contribution in [0.5, 0.6) is 0 Å². The van der Waals surface area contributed by atoms with Crippen molar-refractivity contribution in [3.8, 4) is 0 Å². The van der Waals surface area contributed by atoms with Crippen LogP contribution in [0.3, 0.4) is 0 Å². The molecule has 92 valence electrons. The molecule has 2 atom stereocenters. The molecule has 2 nitrogen and oxygen atoms in total. The molecule has 2 unspecified atom stereocenters. The lowest BCUT2D eigenvalue weighted by Crippen LogP contribution is -2.48. The van der Waals surface area contributed by atoms with E-state index in [1.54, 1.807) is 0 Å². The van der Waals surface area contributed by atoms with Crippen LogP contribution in [0, 0.1) is 5.92 Å². The van der Waals surface area contributed by atoms with Crippen LogP contribution in [0.15, 0.2) is 0 Å². The highest BCUT2D eigenvalue weighted by atomic mass is 15.2. The Morgan fingerprint density at radius 2 is 1.75 bits per heavy atom. The minimum Gasteiger partial charge on any atom is -0.317 e. The molecule has 2 heteroatoms. The number of piperidine rings is 1. The van der Waals surface area contributed by atoms with Gasteiger partial charge in [-0.25, -0.2) is 0 Å². The summed E-state index contributed by atoms with van der Waals surface area (Å²) in [6, 6.07) is 2.63. The van der Waals surface area contributed by atoms with E-state index < -0.39 is 0 Å². The summed E-state index contributed by atoms with van der Waals surface area (Å²) in [6.07, 6.45) is 11.7. The fourth-order valence-corrected chi connectivity index (χ4v) is 3.84. The normalized spacial score (nSPS) is 39.2. The second kappa shape index (κ2) is 4.66. The van der Waals surface area contributed by atoms with Gasteiger partial charge in [0.25, 0.3) is 0 Å². The Morgan fingerprint density at radius 1 is 1.06 bits per heavy atom. The van der Waals surface area contributed by atoms with Gasteiger partial charge >= 0.3 is 0 Å². The van der Waals surface area contributed by atoms with Crippen LogP contribution in [0.2, 0.25) is 0 Å². The van der Waals surface area contributed by atoms with Gasteiger partial charge in [-0.15, -0.1) is 0 Å². The monoisotopic (exact) mass is 222 g/mol. The summed E-state index contributed by atoms with van der Waals surface area (Å²) in [7, 11) is 2.13. The Morgan fingerprint density at radius 3 is 2.31 bits per heavy atom. The zero-order valence-corrected chi connectivity index (χ0v) is 10.6. The molecule has 0 aromatic carbocycles. The summed E-state index contributed by atoms with van der Waals surface area (Å²) >= 11 is 0. The van der Waals surface area contributed by atoms with Gasteiger partial charge in [0.1, 0.15) is 0 Å². The number of hydrogen-bond donors (Lipinski definition) is 1. The lowest BCUT2D eigenvalue weighted by molar-refractivity contribution is 0.117. The van der Waals surface area contributed by atoms with Crippen LogP contribution in [-0.2, 0) is 0 Å². The molecule has 16 heavy (non-hydrogen) atoms. The van der Waals surface area contributed by atoms with Gasteiger partial charge in [0.2, 0.25) is 0 Å². The number of nitrogens with zero attached hydrogens (tertiary/aromatic N) is 1. The van der Waals surface area contributed by atoms with Crippen molar-refractivity contribution < 1.29 is 0 Å². The molecule has 2 aliphatic heterocycles. The zero-order chi connectivity index (χ0) is 11.0. The Kier molecular flexibility index (Phi) is 3.21. The van der Waals surface area contributed by atoms with Crippen LogP contribution in [0.4, 0.5) is 0 Å². The minimum absolute atomic E-state index is 0.803. The molecule has 2 heterocycles. The van der Waals surface area contributed by atoms with Crippen molar-refractivity contribution in [2.24, 2.45) is 5.92 Å². The van der Waals surface area contributed by atoms with Crippen molar-refractivity contribution in [1.82, 2.24) is 10.2 Å². The smallest absolute Gasteiger partial charge is 0.0114 e. The lowest BCUT2D eigenvalue weighted by Gasteiger charge is -2.39. The van der Waals surface area contributed by atoms with Gasteiger partial charge in [-0.1, -0.05) is 12.8 Å². The molecule has 0 aromatic heterocycles. The quantitative estimate of drug-likeness (QED) is 0.768. The molecule has 1 saturated carbocycles. The summed E-state index contributed by atoms with van der Waals surface area (Å²) in [5.74, 6) is 1.12. The molecule has 0 amide bonds. The highest BCUT2D eigenvalue weighted by molar-refractivity contribution is 4.97. The fraction of sp³-hybridized carbons (Fsp3) is 1.00. The van der Waals surface area contributed by atoms with E-state index in [0.717, 1.165) is 24.0 Å². The highest BCUT2D eigenvalue weighted by Crippen LogP contribution is 2.37. The second-order valence-corrected chi connectivity index (χ2v) is 6.17. The van der Waals surface area contributed by atoms with Crippen LogP contribution in [0.25, 0.3) is 0 Å². The van der Waals surface area contributed by atoms with Crippen molar-refractivity contribution in [2.45, 2.75) is 69.5 Å². The third-order valence-corrected chi connectivity index (χ3v) is 5.02. The fourth-order valence-electron chi connectivity index (χ4n) is 3.84. The van der Waals surface area contributed by atoms with Gasteiger partial charge in [-0.3, -0.25) is 4.90 Å². The van der Waals surface area contributed by atoms with E-state index >= 15 is 0 Å². The largest absolute Gasteiger partial charge is 0.317 e. The number of nitrogens with one attached hydrogen (secondary N) is 1. The van der Waals surface area contributed by atoms with Crippen molar-refractivity contribution in [1.29, 1.82) is 0 Å². The molecular weight excluding hydrogens is 196 g/mol. The Balaban J connectivity index is 1.48. The summed E-state index contributed by atoms with van der Waals surface area (Å²) in [6.45, 7) is 1.39. The first-order chi connectivity index (χ1) is 7.86. The molecule has 2 bridgehead atoms. The first kappa shape index (κ1) is 11.0. The first-order valence-electron chi connectivity index (χ1n) is 7.30. The molecule has 2 saturated heterocycles. The molecule has 3 aliphatic rings. The van der Waals surface area contributed by atoms with Crippen LogP contribution in [0.1, 0.15) is 51.4 Å². The highest BCUT2D eigenvalue weighted by Gasteiger charge is 2.39. The minimum atomic E-state index is 0.803. The van der Waals surface area contributed by atoms with Crippen LogP contribution >= 0.6 is 0 Å². The average molecular weight is 222 g/mol. The van der Waals surface area contributed by atoms with Crippen LogP contribution < -0.4 is 5.32 Å². The molecule has 3 rings (SSSR count). The molecule has 0 aromatic rings. The van der Waals surface area contributed by atoms with E-state index in [1.807, 2.05) is 0 Å². The van der Waals surface area contributed by atoms with Gasteiger partial charge in [0, 0.05) is 18.1 Å². The SMILES string of the molecule is CNC1CC2CCC(C1)N2CCCC1CC1. The number of rotatable bonds is 5. The molecular formula is C14H26N2. The Hall–Kier alpha value is -0.0800. The Labute approximate surface area is 99.8 Å². The van der Waals surface area contributed by atoms with Gasteiger partial charge in [-0.05, 0) is 58.0 Å². The van der Waals surface area contributed by atoms with E-state index in [0.29, 0.717) is 0 Å². The van der Waals surface area contributed by atoms with E-state index in [9.17, 15) is 0 Å². The topological polar surface area (TPSA) is 15.3 Å². The first-order valence-corrected chi connectivity index (χ1v) is 7.30. The predicted molar refractivity (Wildman–Crippen MR) is 67.6 cm³/mol. The van der Waals surface area contributed by atoms with Gasteiger partial charge in [0.05, 0.1) is 0 Å². The molecule has 0 radical (unpaired) electrons. The maximum absolute atomic E-state index is 3.48. The molecule has 1 aliphatic carbocycles. The number of fused-ring (bicyclic) bond motifs is 2. The standard InChI is InChI=1S/C14H26N2/c1-15-12-9-13-6-7-14(10-12)16(13)8-2-3-11-4-5-11/h11-15H,2-10H2,1H3. The Bertz CT molecular complexity index is 223. The third-order valence-electron chi connectivity index (χ3n) is 5.02. The summed E-state index contributed by atoms with van der Waals surface area (Å²) in [5, 5.41) is 3.48. The van der Waals surface area contributed by atoms with Crippen molar-refractivity contribution >= 4 is 0 Å². The van der Waals surface area contributed by atoms with E-state index in [4.69, 9.17) is 0 Å².